The normalized spacial score (nSPS) is 18.7. The summed E-state index contributed by atoms with van der Waals surface area (Å²) in [5, 5.41) is 20.3. The van der Waals surface area contributed by atoms with Gasteiger partial charge in [-0.05, 0) is 0 Å². The molecule has 0 aliphatic carbocycles. The molecule has 1 aliphatic rings. The van der Waals surface area contributed by atoms with Gasteiger partial charge < -0.3 is 0 Å². The molecule has 6 nitrogen and oxygen atoms in total. The van der Waals surface area contributed by atoms with Gasteiger partial charge in [0.25, 0.3) is 0 Å². The van der Waals surface area contributed by atoms with Crippen LogP contribution >= 0.6 is 0 Å². The molecule has 0 N–H and O–H groups in total. The van der Waals surface area contributed by atoms with E-state index < -0.39 is 21.1 Å². The zero-order chi connectivity index (χ0) is 17.6. The third kappa shape index (κ3) is 3.04. The van der Waals surface area contributed by atoms with E-state index in [0.717, 1.165) is 42.4 Å². The Kier molecular flexibility index (Phi) is 4.24. The number of ether oxygens (including phenoxy) is 1. The van der Waals surface area contributed by atoms with Gasteiger partial charge in [0, 0.05) is 0 Å². The standard InChI is InChI=1S/C14H12N5O.C4H9.Sn/c15-8-10-4-3-5-12-11-9-16-19(14(11)17-18(10)12)13-6-1-2-7-20-13;1-4(2)3;/h3-5,13H,1-2,6-7H2;1-3H3;. The van der Waals surface area contributed by atoms with Crippen LogP contribution in [0.25, 0.3) is 16.6 Å². The maximum absolute atomic E-state index is 9.42. The number of nitriles is 1. The van der Waals surface area contributed by atoms with Crippen molar-refractivity contribution in [1.29, 1.82) is 5.26 Å². The number of fused-ring (bicyclic) bond motifs is 3. The van der Waals surface area contributed by atoms with Crippen LogP contribution in [0, 0.1) is 11.3 Å². The molecule has 2 radical (unpaired) electrons. The predicted octanol–water partition coefficient (Wildman–Crippen LogP) is 2.80. The molecule has 0 amide bonds. The molecule has 1 aliphatic heterocycles. The van der Waals surface area contributed by atoms with Gasteiger partial charge in [-0.25, -0.2) is 0 Å². The number of rotatable bonds is 2. The Bertz CT molecular complexity index is 969. The molecule has 1 fully saturated rings. The van der Waals surface area contributed by atoms with Gasteiger partial charge in [0.1, 0.15) is 0 Å². The van der Waals surface area contributed by atoms with Crippen LogP contribution in [0.2, 0.25) is 3.43 Å². The van der Waals surface area contributed by atoms with E-state index in [0.29, 0.717) is 5.69 Å². The average Bonchev–Trinajstić information content (AvgIpc) is 3.12. The molecule has 25 heavy (non-hydrogen) atoms. The first-order valence-corrected chi connectivity index (χ1v) is 11.5. The Morgan fingerprint density at radius 3 is 2.80 bits per heavy atom. The van der Waals surface area contributed by atoms with Crippen molar-refractivity contribution in [3.05, 3.63) is 23.9 Å². The number of nitrogens with zero attached hydrogens (tertiary/aromatic N) is 5. The van der Waals surface area contributed by atoms with Crippen LogP contribution in [0.15, 0.2) is 18.2 Å². The summed E-state index contributed by atoms with van der Waals surface area (Å²) in [4.78, 5) is 0. The van der Waals surface area contributed by atoms with Crippen molar-refractivity contribution >= 4 is 41.4 Å². The van der Waals surface area contributed by atoms with Crippen molar-refractivity contribution in [2.45, 2.75) is 49.7 Å². The minimum atomic E-state index is -0.938. The van der Waals surface area contributed by atoms with Gasteiger partial charge in [0.05, 0.1) is 0 Å². The first-order chi connectivity index (χ1) is 12.0. The van der Waals surface area contributed by atoms with Gasteiger partial charge in [-0.15, -0.1) is 0 Å². The van der Waals surface area contributed by atoms with Crippen LogP contribution in [0.4, 0.5) is 0 Å². The van der Waals surface area contributed by atoms with Crippen LogP contribution in [-0.4, -0.2) is 47.1 Å². The average molecular weight is 442 g/mol. The summed E-state index contributed by atoms with van der Waals surface area (Å²) in [5.74, 6) is 0. The maximum atomic E-state index is 9.42. The summed E-state index contributed by atoms with van der Waals surface area (Å²) >= 11 is -0.938. The topological polar surface area (TPSA) is 68.1 Å². The fourth-order valence-corrected chi connectivity index (χ4v) is 6.81. The third-order valence-electron chi connectivity index (χ3n) is 4.34. The fraction of sp³-hybridized carbons (Fsp3) is 0.500. The van der Waals surface area contributed by atoms with Gasteiger partial charge in [0.2, 0.25) is 0 Å². The SMILES string of the molecule is C[C](C)(C)[Sn][c]1nn(C2CCCCO2)c2nn3c(C#N)cccc3c12. The Balaban J connectivity index is 1.98. The monoisotopic (exact) mass is 443 g/mol. The van der Waals surface area contributed by atoms with E-state index in [1.165, 1.54) is 3.71 Å². The molecule has 0 spiro atoms. The number of aromatic nitrogens is 4. The van der Waals surface area contributed by atoms with E-state index in [4.69, 9.17) is 14.9 Å². The molecule has 128 valence electrons. The molecule has 0 aromatic carbocycles. The summed E-state index contributed by atoms with van der Waals surface area (Å²) in [7, 11) is 0. The van der Waals surface area contributed by atoms with Crippen LogP contribution in [0.1, 0.15) is 52.0 Å². The summed E-state index contributed by atoms with van der Waals surface area (Å²) in [6.07, 6.45) is 3.18. The molecule has 4 heterocycles. The van der Waals surface area contributed by atoms with Gasteiger partial charge >= 0.3 is 157 Å². The molecule has 4 rings (SSSR count). The van der Waals surface area contributed by atoms with Gasteiger partial charge in [-0.1, -0.05) is 0 Å². The van der Waals surface area contributed by atoms with Crippen molar-refractivity contribution < 1.29 is 4.74 Å². The number of pyridine rings is 1. The summed E-state index contributed by atoms with van der Waals surface area (Å²) in [5.41, 5.74) is 2.39. The Morgan fingerprint density at radius 1 is 1.28 bits per heavy atom. The minimum absolute atomic E-state index is 0.0419. The number of hydrogen-bond donors (Lipinski definition) is 0. The Morgan fingerprint density at radius 2 is 2.12 bits per heavy atom. The van der Waals surface area contributed by atoms with E-state index in [1.54, 1.807) is 10.6 Å². The molecule has 0 bridgehead atoms. The number of hydrogen-bond acceptors (Lipinski definition) is 4. The molecule has 0 saturated carbocycles. The van der Waals surface area contributed by atoms with Crippen molar-refractivity contribution in [1.82, 2.24) is 19.4 Å². The van der Waals surface area contributed by atoms with Crippen molar-refractivity contribution in [3.8, 4) is 6.07 Å². The van der Waals surface area contributed by atoms with Crippen molar-refractivity contribution in [2.75, 3.05) is 6.61 Å². The Labute approximate surface area is 157 Å². The second-order valence-corrected chi connectivity index (χ2v) is 13.9. The van der Waals surface area contributed by atoms with Crippen LogP contribution < -0.4 is 3.71 Å². The molecule has 3 aromatic rings. The first kappa shape index (κ1) is 16.9. The summed E-state index contributed by atoms with van der Waals surface area (Å²) in [6.45, 7) is 7.63. The van der Waals surface area contributed by atoms with E-state index >= 15 is 0 Å². The van der Waals surface area contributed by atoms with Crippen molar-refractivity contribution in [3.63, 3.8) is 0 Å². The molecule has 3 aromatic heterocycles. The van der Waals surface area contributed by atoms with E-state index in [1.807, 2.05) is 16.8 Å². The fourth-order valence-electron chi connectivity index (χ4n) is 3.30. The molecule has 1 unspecified atom stereocenters. The molecular weight excluding hydrogens is 421 g/mol. The van der Waals surface area contributed by atoms with Crippen LogP contribution in [-0.2, 0) is 4.74 Å². The zero-order valence-corrected chi connectivity index (χ0v) is 17.6. The quantitative estimate of drug-likeness (QED) is 0.573. The molecule has 1 saturated heterocycles. The zero-order valence-electron chi connectivity index (χ0n) is 14.8. The van der Waals surface area contributed by atoms with E-state index in [-0.39, 0.29) is 9.66 Å². The first-order valence-electron chi connectivity index (χ1n) is 8.68. The summed E-state index contributed by atoms with van der Waals surface area (Å²) in [6, 6.07) is 8.01. The van der Waals surface area contributed by atoms with Gasteiger partial charge in [-0.3, -0.25) is 0 Å². The van der Waals surface area contributed by atoms with Gasteiger partial charge in [-0.2, -0.15) is 0 Å². The second kappa shape index (κ2) is 6.29. The molecule has 7 heteroatoms. The van der Waals surface area contributed by atoms with Crippen molar-refractivity contribution in [2.24, 2.45) is 0 Å². The third-order valence-corrected chi connectivity index (χ3v) is 8.15. The molecule has 1 atom stereocenters. The molecular formula is C18H21N5OSn. The van der Waals surface area contributed by atoms with E-state index in [2.05, 4.69) is 26.8 Å². The van der Waals surface area contributed by atoms with Crippen LogP contribution in [0.5, 0.6) is 0 Å². The second-order valence-electron chi connectivity index (χ2n) is 7.51. The predicted molar refractivity (Wildman–Crippen MR) is 97.1 cm³/mol. The summed E-state index contributed by atoms with van der Waals surface area (Å²) < 4.78 is 11.2. The van der Waals surface area contributed by atoms with Crippen LogP contribution in [0.3, 0.4) is 0 Å². The van der Waals surface area contributed by atoms with Gasteiger partial charge in [0.15, 0.2) is 0 Å². The Hall–Kier alpha value is -1.59. The van der Waals surface area contributed by atoms with E-state index in [9.17, 15) is 5.26 Å².